The molecule has 0 spiro atoms. The lowest BCUT2D eigenvalue weighted by molar-refractivity contribution is -0.120. The highest BCUT2D eigenvalue weighted by molar-refractivity contribution is 8.00. The molecule has 0 aliphatic carbocycles. The summed E-state index contributed by atoms with van der Waals surface area (Å²) in [7, 11) is 0. The average Bonchev–Trinajstić information content (AvgIpc) is 3.29. The lowest BCUT2D eigenvalue weighted by Gasteiger charge is -2.14. The monoisotopic (exact) mass is 346 g/mol. The summed E-state index contributed by atoms with van der Waals surface area (Å²) < 4.78 is 5.36. The molecular weight excluding hydrogens is 324 g/mol. The van der Waals surface area contributed by atoms with Gasteiger partial charge in [-0.2, -0.15) is 5.10 Å². The molecule has 0 saturated carbocycles. The molecule has 1 aromatic carbocycles. The first kappa shape index (κ1) is 17.0. The van der Waals surface area contributed by atoms with Gasteiger partial charge >= 0.3 is 0 Å². The zero-order valence-corrected chi connectivity index (χ0v) is 14.5. The molecule has 1 aliphatic heterocycles. The Hall–Kier alpha value is -1.86. The number of carbonyl (C=O) groups excluding carboxylic acids is 1. The molecule has 2 heterocycles. The van der Waals surface area contributed by atoms with Crippen LogP contribution < -0.4 is 5.32 Å². The van der Waals surface area contributed by atoms with Crippen molar-refractivity contribution in [1.82, 2.24) is 20.5 Å². The molecule has 1 fully saturated rings. The predicted octanol–water partition coefficient (Wildman–Crippen LogP) is 2.50. The second-order valence-electron chi connectivity index (χ2n) is 5.75. The summed E-state index contributed by atoms with van der Waals surface area (Å²) in [5.74, 6) is 1.75. The molecule has 3 rings (SSSR count). The Morgan fingerprint density at radius 2 is 2.29 bits per heavy atom. The van der Waals surface area contributed by atoms with Gasteiger partial charge in [0.05, 0.1) is 18.4 Å². The molecule has 2 aromatic rings. The van der Waals surface area contributed by atoms with E-state index >= 15 is 0 Å². The molecule has 0 bridgehead atoms. The molecule has 7 heteroatoms. The number of aromatic nitrogens is 3. The van der Waals surface area contributed by atoms with Crippen LogP contribution in [0, 0.1) is 0 Å². The van der Waals surface area contributed by atoms with Crippen molar-refractivity contribution in [2.45, 2.75) is 42.4 Å². The summed E-state index contributed by atoms with van der Waals surface area (Å²) in [5.41, 5.74) is 0. The van der Waals surface area contributed by atoms with Crippen molar-refractivity contribution in [1.29, 1.82) is 0 Å². The maximum Gasteiger partial charge on any atom is 0.233 e. The number of thioether (sulfide) groups is 1. The Labute approximate surface area is 145 Å². The van der Waals surface area contributed by atoms with Crippen molar-refractivity contribution in [2.24, 2.45) is 0 Å². The van der Waals surface area contributed by atoms with Crippen molar-refractivity contribution < 1.29 is 9.53 Å². The van der Waals surface area contributed by atoms with Crippen LogP contribution in [0.5, 0.6) is 0 Å². The summed E-state index contributed by atoms with van der Waals surface area (Å²) >= 11 is 1.58. The highest BCUT2D eigenvalue weighted by atomic mass is 32.2. The van der Waals surface area contributed by atoms with Crippen LogP contribution in [0.15, 0.2) is 35.2 Å². The molecule has 128 valence electrons. The Morgan fingerprint density at radius 1 is 1.46 bits per heavy atom. The number of benzene rings is 1. The zero-order valence-electron chi connectivity index (χ0n) is 13.7. The minimum Gasteiger partial charge on any atom is -0.381 e. The van der Waals surface area contributed by atoms with E-state index in [1.54, 1.807) is 11.8 Å². The normalized spacial score (nSPS) is 18.5. The first-order chi connectivity index (χ1) is 11.8. The number of aromatic amines is 1. The third-order valence-electron chi connectivity index (χ3n) is 3.96. The van der Waals surface area contributed by atoms with E-state index in [4.69, 9.17) is 4.74 Å². The third kappa shape index (κ3) is 4.36. The van der Waals surface area contributed by atoms with Crippen molar-refractivity contribution in [2.75, 3.05) is 13.2 Å². The number of H-pyrrole nitrogens is 1. The smallest absolute Gasteiger partial charge is 0.233 e. The Balaban J connectivity index is 1.52. The van der Waals surface area contributed by atoms with Gasteiger partial charge in [-0.15, -0.1) is 11.8 Å². The average molecular weight is 346 g/mol. The molecule has 1 amide bonds. The van der Waals surface area contributed by atoms with Crippen LogP contribution in [0.3, 0.4) is 0 Å². The molecule has 24 heavy (non-hydrogen) atoms. The minimum atomic E-state index is -0.113. The first-order valence-electron chi connectivity index (χ1n) is 8.24. The van der Waals surface area contributed by atoms with E-state index in [9.17, 15) is 4.79 Å². The second-order valence-corrected chi connectivity index (χ2v) is 7.02. The first-order valence-corrected chi connectivity index (χ1v) is 9.12. The third-order valence-corrected chi connectivity index (χ3v) is 5.33. The molecule has 0 unspecified atom stereocenters. The highest BCUT2D eigenvalue weighted by Gasteiger charge is 2.22. The van der Waals surface area contributed by atoms with Gasteiger partial charge in [-0.05, 0) is 25.0 Å². The predicted molar refractivity (Wildman–Crippen MR) is 92.8 cm³/mol. The van der Waals surface area contributed by atoms with E-state index in [-0.39, 0.29) is 17.1 Å². The second kappa shape index (κ2) is 8.30. The van der Waals surface area contributed by atoms with Crippen LogP contribution in [0.1, 0.15) is 37.3 Å². The number of carbonyl (C=O) groups is 1. The number of hydrogen-bond donors (Lipinski definition) is 2. The van der Waals surface area contributed by atoms with E-state index in [1.165, 1.54) is 0 Å². The summed E-state index contributed by atoms with van der Waals surface area (Å²) in [6, 6.07) is 9.98. The Morgan fingerprint density at radius 3 is 3.00 bits per heavy atom. The van der Waals surface area contributed by atoms with Crippen molar-refractivity contribution >= 4 is 17.7 Å². The molecule has 0 radical (unpaired) electrons. The maximum absolute atomic E-state index is 12.4. The van der Waals surface area contributed by atoms with Crippen molar-refractivity contribution in [3.63, 3.8) is 0 Å². The standard InChI is InChI=1S/C17H22N4O2S/c1-2-14(24-13-6-4-3-5-7-13)17(22)18-10-15-19-16(21-20-15)12-8-9-23-11-12/h3-7,12,14H,2,8-11H2,1H3,(H,18,22)(H,19,20,21)/t12-,14-/m0/s1. The summed E-state index contributed by atoms with van der Waals surface area (Å²) in [6.45, 7) is 3.83. The van der Waals surface area contributed by atoms with Crippen LogP contribution >= 0.6 is 11.8 Å². The van der Waals surface area contributed by atoms with Gasteiger partial charge in [0.2, 0.25) is 5.91 Å². The quantitative estimate of drug-likeness (QED) is 0.753. The SMILES string of the molecule is CC[C@H](Sc1ccccc1)C(=O)NCc1nc([C@H]2CCOC2)n[nH]1. The van der Waals surface area contributed by atoms with Crippen LogP contribution in [-0.4, -0.2) is 39.6 Å². The lowest BCUT2D eigenvalue weighted by atomic mass is 10.1. The number of rotatable bonds is 7. The fraction of sp³-hybridized carbons (Fsp3) is 0.471. The van der Waals surface area contributed by atoms with Crippen LogP contribution in [0.2, 0.25) is 0 Å². The van der Waals surface area contributed by atoms with Gasteiger partial charge in [-0.1, -0.05) is 25.1 Å². The molecule has 2 N–H and O–H groups in total. The number of nitrogens with one attached hydrogen (secondary N) is 2. The van der Waals surface area contributed by atoms with Gasteiger partial charge in [0, 0.05) is 17.4 Å². The van der Waals surface area contributed by atoms with Gasteiger partial charge in [0.25, 0.3) is 0 Å². The minimum absolute atomic E-state index is 0.0218. The lowest BCUT2D eigenvalue weighted by Crippen LogP contribution is -2.32. The van der Waals surface area contributed by atoms with E-state index in [0.29, 0.717) is 19.0 Å². The Kier molecular flexibility index (Phi) is 5.87. The number of nitrogens with zero attached hydrogens (tertiary/aromatic N) is 2. The van der Waals surface area contributed by atoms with Crippen molar-refractivity contribution in [3.8, 4) is 0 Å². The van der Waals surface area contributed by atoms with Gasteiger partial charge < -0.3 is 10.1 Å². The fourth-order valence-corrected chi connectivity index (χ4v) is 3.58. The number of hydrogen-bond acceptors (Lipinski definition) is 5. The largest absolute Gasteiger partial charge is 0.381 e. The van der Waals surface area contributed by atoms with Gasteiger partial charge in [-0.3, -0.25) is 9.89 Å². The topological polar surface area (TPSA) is 79.9 Å². The molecule has 6 nitrogen and oxygen atoms in total. The van der Waals surface area contributed by atoms with Crippen LogP contribution in [0.25, 0.3) is 0 Å². The van der Waals surface area contributed by atoms with Crippen LogP contribution in [-0.2, 0) is 16.1 Å². The van der Waals surface area contributed by atoms with Crippen LogP contribution in [0.4, 0.5) is 0 Å². The summed E-state index contributed by atoms with van der Waals surface area (Å²) in [6.07, 6.45) is 1.72. The molecule has 2 atom stereocenters. The van der Waals surface area contributed by atoms with Gasteiger partial charge in [0.1, 0.15) is 5.82 Å². The van der Waals surface area contributed by atoms with Crippen molar-refractivity contribution in [3.05, 3.63) is 42.0 Å². The molecule has 1 saturated heterocycles. The zero-order chi connectivity index (χ0) is 16.8. The molecule has 1 aromatic heterocycles. The number of ether oxygens (including phenoxy) is 1. The van der Waals surface area contributed by atoms with Gasteiger partial charge in [-0.25, -0.2) is 4.98 Å². The van der Waals surface area contributed by atoms with Gasteiger partial charge in [0.15, 0.2) is 5.82 Å². The van der Waals surface area contributed by atoms with E-state index < -0.39 is 0 Å². The van der Waals surface area contributed by atoms with E-state index in [0.717, 1.165) is 30.2 Å². The molecular formula is C17H22N4O2S. The highest BCUT2D eigenvalue weighted by Crippen LogP contribution is 2.25. The summed E-state index contributed by atoms with van der Waals surface area (Å²) in [5, 5.41) is 9.98. The van der Waals surface area contributed by atoms with E-state index in [2.05, 4.69) is 20.5 Å². The maximum atomic E-state index is 12.4. The number of amides is 1. The van der Waals surface area contributed by atoms with E-state index in [1.807, 2.05) is 37.3 Å². The molecule has 1 aliphatic rings. The fourth-order valence-electron chi connectivity index (χ4n) is 2.58. The Bertz CT molecular complexity index is 656. The summed E-state index contributed by atoms with van der Waals surface area (Å²) in [4.78, 5) is 18.0.